The van der Waals surface area contributed by atoms with Crippen molar-refractivity contribution in [3.63, 3.8) is 0 Å². The molecule has 0 saturated heterocycles. The van der Waals surface area contributed by atoms with E-state index >= 15 is 0 Å². The molecule has 0 spiro atoms. The third kappa shape index (κ3) is 10.1. The Balaban J connectivity index is 4.09. The number of esters is 2. The monoisotopic (exact) mass is 352 g/mol. The lowest BCUT2D eigenvalue weighted by Gasteiger charge is -2.06. The molecule has 0 heterocycles. The smallest absolute Gasteiger partial charge is 0.351 e. The van der Waals surface area contributed by atoms with Crippen LogP contribution in [0.15, 0.2) is 10.1 Å². The van der Waals surface area contributed by atoms with E-state index in [9.17, 15) is 9.59 Å². The van der Waals surface area contributed by atoms with Crippen LogP contribution in [0, 0.1) is 0 Å². The van der Waals surface area contributed by atoms with Crippen LogP contribution in [0.2, 0.25) is 0 Å². The van der Waals surface area contributed by atoms with Crippen LogP contribution < -0.4 is 0 Å². The summed E-state index contributed by atoms with van der Waals surface area (Å²) in [5, 5.41) is -0.841. The maximum atomic E-state index is 11.6. The lowest BCUT2D eigenvalue weighted by Crippen LogP contribution is -2.12. The Morgan fingerprint density at radius 3 is 1.36 bits per heavy atom. The largest absolute Gasteiger partial charge is 0.461 e. The minimum absolute atomic E-state index is 0.269. The van der Waals surface area contributed by atoms with Gasteiger partial charge in [0.2, 0.25) is 0 Å². The number of hydrogen-bond acceptors (Lipinski definition) is 4. The lowest BCUT2D eigenvalue weighted by molar-refractivity contribution is -0.141. The minimum Gasteiger partial charge on any atom is -0.461 e. The van der Waals surface area contributed by atoms with Crippen molar-refractivity contribution in [3.05, 3.63) is 10.1 Å². The maximum absolute atomic E-state index is 11.6. The summed E-state index contributed by atoms with van der Waals surface area (Å²) in [5.74, 6) is -1.57. The quantitative estimate of drug-likeness (QED) is 0.284. The van der Waals surface area contributed by atoms with Gasteiger partial charge in [0.05, 0.1) is 13.2 Å². The number of ether oxygens (including phenoxy) is 2. The van der Waals surface area contributed by atoms with Crippen LogP contribution in [0.5, 0.6) is 0 Å². The predicted molar refractivity (Wildman–Crippen MR) is 88.9 cm³/mol. The topological polar surface area (TPSA) is 52.6 Å². The van der Waals surface area contributed by atoms with Crippen molar-refractivity contribution in [3.8, 4) is 0 Å². The molecule has 128 valence electrons. The maximum Gasteiger partial charge on any atom is 0.351 e. The van der Waals surface area contributed by atoms with E-state index in [0.29, 0.717) is 0 Å². The van der Waals surface area contributed by atoms with E-state index in [0.717, 1.165) is 51.4 Å². The summed E-state index contributed by atoms with van der Waals surface area (Å²) in [5.41, 5.74) is 0. The lowest BCUT2D eigenvalue weighted by atomic mass is 10.2. The van der Waals surface area contributed by atoms with E-state index in [1.165, 1.54) is 0 Å². The first-order chi connectivity index (χ1) is 10.5. The van der Waals surface area contributed by atoms with Gasteiger partial charge < -0.3 is 9.47 Å². The number of carbonyl (C=O) groups is 2. The SMILES string of the molecule is CCCCCCOC(=O)/C(Cl)=C(/Cl)C(=O)OCCCCCC. The van der Waals surface area contributed by atoms with E-state index in [1.807, 2.05) is 0 Å². The second kappa shape index (κ2) is 13.9. The summed E-state index contributed by atoms with van der Waals surface area (Å²) in [6.45, 7) is 4.73. The molecular formula is C16H26Cl2O4. The van der Waals surface area contributed by atoms with Gasteiger partial charge in [0.15, 0.2) is 10.1 Å². The first-order valence-electron chi connectivity index (χ1n) is 7.94. The fourth-order valence-electron chi connectivity index (χ4n) is 1.69. The second-order valence-electron chi connectivity index (χ2n) is 5.02. The van der Waals surface area contributed by atoms with E-state index in [1.54, 1.807) is 0 Å². The van der Waals surface area contributed by atoms with Gasteiger partial charge in [-0.05, 0) is 12.8 Å². The molecule has 0 aromatic rings. The highest BCUT2D eigenvalue weighted by atomic mass is 35.5. The Morgan fingerprint density at radius 2 is 1.05 bits per heavy atom. The predicted octanol–water partition coefficient (Wildman–Crippen LogP) is 4.92. The summed E-state index contributed by atoms with van der Waals surface area (Å²) < 4.78 is 9.92. The molecule has 0 aliphatic carbocycles. The number of hydrogen-bond donors (Lipinski definition) is 0. The van der Waals surface area contributed by atoms with Crippen molar-refractivity contribution in [2.75, 3.05) is 13.2 Å². The Morgan fingerprint density at radius 1 is 0.682 bits per heavy atom. The summed E-state index contributed by atoms with van der Waals surface area (Å²) in [6.07, 6.45) is 7.89. The molecule has 0 unspecified atom stereocenters. The number of unbranched alkanes of at least 4 members (excludes halogenated alkanes) is 6. The van der Waals surface area contributed by atoms with Crippen LogP contribution in [0.25, 0.3) is 0 Å². The molecule has 0 bridgehead atoms. The fourth-order valence-corrected chi connectivity index (χ4v) is 1.96. The van der Waals surface area contributed by atoms with Gasteiger partial charge in [0, 0.05) is 0 Å². The molecule has 0 fully saturated rings. The minimum atomic E-state index is -0.786. The van der Waals surface area contributed by atoms with Gasteiger partial charge in [0.25, 0.3) is 0 Å². The Kier molecular flexibility index (Phi) is 13.4. The molecular weight excluding hydrogens is 327 g/mol. The van der Waals surface area contributed by atoms with Crippen LogP contribution in [0.4, 0.5) is 0 Å². The summed E-state index contributed by atoms with van der Waals surface area (Å²) in [6, 6.07) is 0. The highest BCUT2D eigenvalue weighted by molar-refractivity contribution is 6.53. The Bertz CT molecular complexity index is 333. The van der Waals surface area contributed by atoms with Gasteiger partial charge >= 0.3 is 11.9 Å². The van der Waals surface area contributed by atoms with Crippen molar-refractivity contribution >= 4 is 35.1 Å². The number of carbonyl (C=O) groups excluding carboxylic acids is 2. The zero-order chi connectivity index (χ0) is 16.8. The summed E-state index contributed by atoms with van der Waals surface area (Å²) >= 11 is 11.5. The van der Waals surface area contributed by atoms with Crippen LogP contribution in [-0.4, -0.2) is 25.2 Å². The van der Waals surface area contributed by atoms with E-state index < -0.39 is 22.0 Å². The van der Waals surface area contributed by atoms with Crippen LogP contribution in [0.1, 0.15) is 65.2 Å². The third-order valence-electron chi connectivity index (χ3n) is 3.01. The van der Waals surface area contributed by atoms with Crippen LogP contribution >= 0.6 is 23.2 Å². The summed E-state index contributed by atoms with van der Waals surface area (Å²) in [4.78, 5) is 23.3. The molecule has 0 rings (SSSR count). The van der Waals surface area contributed by atoms with Gasteiger partial charge in [-0.25, -0.2) is 9.59 Å². The van der Waals surface area contributed by atoms with E-state index in [-0.39, 0.29) is 13.2 Å². The molecule has 6 heteroatoms. The molecule has 0 saturated carbocycles. The highest BCUT2D eigenvalue weighted by Gasteiger charge is 2.20. The molecule has 0 amide bonds. The van der Waals surface area contributed by atoms with Gasteiger partial charge in [-0.3, -0.25) is 0 Å². The summed E-state index contributed by atoms with van der Waals surface area (Å²) in [7, 11) is 0. The third-order valence-corrected chi connectivity index (χ3v) is 3.80. The Labute approximate surface area is 143 Å². The standard InChI is InChI=1S/C16H26Cl2O4/c1-3-5-7-9-11-21-15(19)13(17)14(18)16(20)22-12-10-8-6-4-2/h3-12H2,1-2H3/b14-13-. The molecule has 0 N–H and O–H groups in total. The zero-order valence-electron chi connectivity index (χ0n) is 13.5. The number of rotatable bonds is 12. The van der Waals surface area contributed by atoms with Crippen molar-refractivity contribution in [1.82, 2.24) is 0 Å². The first-order valence-corrected chi connectivity index (χ1v) is 8.69. The average molecular weight is 353 g/mol. The second-order valence-corrected chi connectivity index (χ2v) is 5.78. The molecule has 0 aliphatic heterocycles. The highest BCUT2D eigenvalue weighted by Crippen LogP contribution is 2.17. The van der Waals surface area contributed by atoms with Gasteiger partial charge in [-0.15, -0.1) is 0 Å². The van der Waals surface area contributed by atoms with Gasteiger partial charge in [-0.2, -0.15) is 0 Å². The average Bonchev–Trinajstić information content (AvgIpc) is 2.52. The van der Waals surface area contributed by atoms with Crippen molar-refractivity contribution in [2.24, 2.45) is 0 Å². The van der Waals surface area contributed by atoms with Crippen molar-refractivity contribution in [2.45, 2.75) is 65.2 Å². The van der Waals surface area contributed by atoms with Gasteiger partial charge in [0.1, 0.15) is 0 Å². The first kappa shape index (κ1) is 21.3. The molecule has 0 atom stereocenters. The number of halogens is 2. The van der Waals surface area contributed by atoms with Crippen molar-refractivity contribution in [1.29, 1.82) is 0 Å². The van der Waals surface area contributed by atoms with E-state index in [2.05, 4.69) is 13.8 Å². The molecule has 4 nitrogen and oxygen atoms in total. The molecule has 0 aromatic carbocycles. The Hall–Kier alpha value is -0.740. The van der Waals surface area contributed by atoms with Crippen LogP contribution in [0.3, 0.4) is 0 Å². The van der Waals surface area contributed by atoms with Gasteiger partial charge in [-0.1, -0.05) is 75.6 Å². The van der Waals surface area contributed by atoms with E-state index in [4.69, 9.17) is 32.7 Å². The fraction of sp³-hybridized carbons (Fsp3) is 0.750. The molecule has 0 radical (unpaired) electrons. The van der Waals surface area contributed by atoms with Crippen LogP contribution in [-0.2, 0) is 19.1 Å². The molecule has 0 aliphatic rings. The molecule has 22 heavy (non-hydrogen) atoms. The zero-order valence-corrected chi connectivity index (χ0v) is 15.0. The molecule has 0 aromatic heterocycles. The van der Waals surface area contributed by atoms with Crippen molar-refractivity contribution < 1.29 is 19.1 Å². The normalized spacial score (nSPS) is 11.8.